The van der Waals surface area contributed by atoms with Gasteiger partial charge in [0, 0.05) is 63.4 Å². The predicted molar refractivity (Wildman–Crippen MR) is 118 cm³/mol. The maximum Gasteiger partial charge on any atom is 0.195 e. The largest absolute Gasteiger partial charge is 0.490 e. The molecule has 0 radical (unpaired) electrons. The van der Waals surface area contributed by atoms with E-state index in [2.05, 4.69) is 29.5 Å². The Balaban J connectivity index is 1.56. The first-order chi connectivity index (χ1) is 14.7. The second-order valence-electron chi connectivity index (χ2n) is 7.62. The molecule has 0 bridgehead atoms. The highest BCUT2D eigenvalue weighted by Crippen LogP contribution is 2.32. The molecular weight excluding hydrogens is 382 g/mol. The first-order valence-electron chi connectivity index (χ1n) is 10.7. The monoisotopic (exact) mass is 415 g/mol. The second kappa shape index (κ2) is 12.1. The summed E-state index contributed by atoms with van der Waals surface area (Å²) in [6.07, 6.45) is 7.30. The molecule has 0 amide bonds. The second-order valence-corrected chi connectivity index (χ2v) is 7.62. The number of hydrogen-bond donors (Lipinski definition) is 2. The SMILES string of the molecule is CC(C)COCCCN=C(NCCn1ccnc1)Nc1ccc2c(c1)OCCCO2. The number of fused-ring (bicyclic) bond motifs is 1. The molecule has 3 rings (SSSR count). The average Bonchev–Trinajstić information content (AvgIpc) is 3.14. The van der Waals surface area contributed by atoms with E-state index >= 15 is 0 Å². The number of aromatic nitrogens is 2. The van der Waals surface area contributed by atoms with Crippen molar-refractivity contribution in [1.82, 2.24) is 14.9 Å². The van der Waals surface area contributed by atoms with Crippen molar-refractivity contribution in [3.63, 3.8) is 0 Å². The molecule has 1 aliphatic rings. The Bertz CT molecular complexity index is 777. The first-order valence-corrected chi connectivity index (χ1v) is 10.7. The van der Waals surface area contributed by atoms with Crippen LogP contribution in [-0.4, -0.2) is 55.0 Å². The minimum atomic E-state index is 0.551. The molecule has 2 aromatic rings. The van der Waals surface area contributed by atoms with Crippen LogP contribution >= 0.6 is 0 Å². The Kier molecular flexibility index (Phi) is 8.83. The van der Waals surface area contributed by atoms with Crippen molar-refractivity contribution in [2.75, 3.05) is 44.8 Å². The summed E-state index contributed by atoms with van der Waals surface area (Å²) in [5.41, 5.74) is 0.907. The summed E-state index contributed by atoms with van der Waals surface area (Å²) < 4.78 is 19.2. The molecular formula is C22H33N5O3. The van der Waals surface area contributed by atoms with Gasteiger partial charge in [-0.05, 0) is 24.5 Å². The quantitative estimate of drug-likeness (QED) is 0.352. The fourth-order valence-electron chi connectivity index (χ4n) is 2.92. The van der Waals surface area contributed by atoms with E-state index in [1.165, 1.54) is 0 Å². The summed E-state index contributed by atoms with van der Waals surface area (Å²) in [5, 5.41) is 6.76. The molecule has 2 heterocycles. The highest BCUT2D eigenvalue weighted by molar-refractivity contribution is 5.93. The highest BCUT2D eigenvalue weighted by atomic mass is 16.5. The van der Waals surface area contributed by atoms with Crippen LogP contribution in [0.25, 0.3) is 0 Å². The van der Waals surface area contributed by atoms with E-state index in [1.807, 2.05) is 35.3 Å². The number of aliphatic imine (C=N–C) groups is 1. The number of anilines is 1. The number of hydrogen-bond acceptors (Lipinski definition) is 5. The standard InChI is InChI=1S/C22H33N5O3/c1-18(2)16-28-12-3-7-24-22(25-9-11-27-10-8-23-17-27)26-19-5-6-20-21(15-19)30-14-4-13-29-20/h5-6,8,10,15,17-18H,3-4,7,9,11-14,16H2,1-2H3,(H2,24,25,26). The lowest BCUT2D eigenvalue weighted by atomic mass is 10.2. The first kappa shape index (κ1) is 22.0. The van der Waals surface area contributed by atoms with Crippen molar-refractivity contribution in [1.29, 1.82) is 0 Å². The summed E-state index contributed by atoms with van der Waals surface area (Å²) in [7, 11) is 0. The van der Waals surface area contributed by atoms with E-state index < -0.39 is 0 Å². The van der Waals surface area contributed by atoms with Gasteiger partial charge in [0.1, 0.15) is 0 Å². The zero-order valence-electron chi connectivity index (χ0n) is 18.0. The topological polar surface area (TPSA) is 81.9 Å². The Hall–Kier alpha value is -2.74. The van der Waals surface area contributed by atoms with Gasteiger partial charge in [-0.15, -0.1) is 0 Å². The fraction of sp³-hybridized carbons (Fsp3) is 0.545. The van der Waals surface area contributed by atoms with Crippen LogP contribution in [0.2, 0.25) is 0 Å². The van der Waals surface area contributed by atoms with Gasteiger partial charge < -0.3 is 29.4 Å². The van der Waals surface area contributed by atoms with Crippen LogP contribution in [0, 0.1) is 5.92 Å². The average molecular weight is 416 g/mol. The zero-order valence-corrected chi connectivity index (χ0v) is 18.0. The van der Waals surface area contributed by atoms with E-state index in [0.717, 1.165) is 55.7 Å². The molecule has 0 atom stereocenters. The van der Waals surface area contributed by atoms with E-state index in [1.54, 1.807) is 6.20 Å². The molecule has 1 aromatic heterocycles. The van der Waals surface area contributed by atoms with Gasteiger partial charge in [-0.25, -0.2) is 4.98 Å². The maximum atomic E-state index is 5.79. The Labute approximate surface area is 178 Å². The summed E-state index contributed by atoms with van der Waals surface area (Å²) >= 11 is 0. The van der Waals surface area contributed by atoms with Gasteiger partial charge in [-0.3, -0.25) is 4.99 Å². The van der Waals surface area contributed by atoms with Crippen LogP contribution < -0.4 is 20.1 Å². The van der Waals surface area contributed by atoms with E-state index in [9.17, 15) is 0 Å². The predicted octanol–water partition coefficient (Wildman–Crippen LogP) is 3.16. The van der Waals surface area contributed by atoms with Crippen LogP contribution in [0.4, 0.5) is 5.69 Å². The zero-order chi connectivity index (χ0) is 21.0. The molecule has 0 fully saturated rings. The Morgan fingerprint density at radius 1 is 1.27 bits per heavy atom. The van der Waals surface area contributed by atoms with Gasteiger partial charge in [0.25, 0.3) is 0 Å². The van der Waals surface area contributed by atoms with Gasteiger partial charge in [0.05, 0.1) is 19.5 Å². The van der Waals surface area contributed by atoms with Crippen LogP contribution in [0.3, 0.4) is 0 Å². The normalized spacial score (nSPS) is 13.9. The van der Waals surface area contributed by atoms with Gasteiger partial charge in [0.2, 0.25) is 0 Å². The molecule has 2 N–H and O–H groups in total. The molecule has 164 valence electrons. The smallest absolute Gasteiger partial charge is 0.195 e. The van der Waals surface area contributed by atoms with Gasteiger partial charge in [0.15, 0.2) is 17.5 Å². The third-order valence-corrected chi connectivity index (χ3v) is 4.40. The van der Waals surface area contributed by atoms with E-state index in [0.29, 0.717) is 32.3 Å². The number of benzene rings is 1. The lowest BCUT2D eigenvalue weighted by molar-refractivity contribution is 0.109. The number of imidazole rings is 1. The molecule has 0 spiro atoms. The molecule has 8 nitrogen and oxygen atoms in total. The van der Waals surface area contributed by atoms with Crippen molar-refractivity contribution >= 4 is 11.6 Å². The number of ether oxygens (including phenoxy) is 3. The third-order valence-electron chi connectivity index (χ3n) is 4.40. The fourth-order valence-corrected chi connectivity index (χ4v) is 2.92. The molecule has 30 heavy (non-hydrogen) atoms. The van der Waals surface area contributed by atoms with Crippen LogP contribution in [-0.2, 0) is 11.3 Å². The van der Waals surface area contributed by atoms with Crippen LogP contribution in [0.5, 0.6) is 11.5 Å². The molecule has 0 saturated carbocycles. The third kappa shape index (κ3) is 7.59. The molecule has 0 aliphatic carbocycles. The van der Waals surface area contributed by atoms with Crippen LogP contribution in [0.1, 0.15) is 26.7 Å². The van der Waals surface area contributed by atoms with Crippen molar-refractivity contribution in [3.8, 4) is 11.5 Å². The molecule has 8 heteroatoms. The minimum Gasteiger partial charge on any atom is -0.490 e. The Morgan fingerprint density at radius 3 is 2.93 bits per heavy atom. The minimum absolute atomic E-state index is 0.551. The van der Waals surface area contributed by atoms with Gasteiger partial charge >= 0.3 is 0 Å². The molecule has 0 unspecified atom stereocenters. The maximum absolute atomic E-state index is 5.79. The lowest BCUT2D eigenvalue weighted by Gasteiger charge is -2.15. The lowest BCUT2D eigenvalue weighted by Crippen LogP contribution is -2.33. The number of nitrogens with zero attached hydrogens (tertiary/aromatic N) is 3. The summed E-state index contributed by atoms with van der Waals surface area (Å²) in [6.45, 7) is 9.37. The molecule has 1 aliphatic heterocycles. The summed E-state index contributed by atoms with van der Waals surface area (Å²) in [5.74, 6) is 2.83. The molecule has 1 aromatic carbocycles. The van der Waals surface area contributed by atoms with Crippen molar-refractivity contribution < 1.29 is 14.2 Å². The summed E-state index contributed by atoms with van der Waals surface area (Å²) in [6, 6.07) is 5.87. The van der Waals surface area contributed by atoms with Crippen molar-refractivity contribution in [2.45, 2.75) is 33.2 Å². The Morgan fingerprint density at radius 2 is 2.13 bits per heavy atom. The van der Waals surface area contributed by atoms with Crippen molar-refractivity contribution in [3.05, 3.63) is 36.9 Å². The number of rotatable bonds is 10. The highest BCUT2D eigenvalue weighted by Gasteiger charge is 2.11. The number of guanidine groups is 1. The molecule has 0 saturated heterocycles. The van der Waals surface area contributed by atoms with E-state index in [-0.39, 0.29) is 0 Å². The number of nitrogens with one attached hydrogen (secondary N) is 2. The van der Waals surface area contributed by atoms with Gasteiger partial charge in [-0.2, -0.15) is 0 Å². The summed E-state index contributed by atoms with van der Waals surface area (Å²) in [4.78, 5) is 8.78. The van der Waals surface area contributed by atoms with Crippen molar-refractivity contribution in [2.24, 2.45) is 10.9 Å². The van der Waals surface area contributed by atoms with E-state index in [4.69, 9.17) is 19.2 Å². The van der Waals surface area contributed by atoms with Crippen LogP contribution in [0.15, 0.2) is 41.9 Å². The van der Waals surface area contributed by atoms with Gasteiger partial charge in [-0.1, -0.05) is 13.8 Å².